The van der Waals surface area contributed by atoms with Crippen molar-refractivity contribution in [2.24, 2.45) is 5.73 Å². The molecule has 152 valence electrons. The Labute approximate surface area is 164 Å². The van der Waals surface area contributed by atoms with Crippen LogP contribution in [-0.2, 0) is 16.0 Å². The Balaban J connectivity index is 0.000000713. The van der Waals surface area contributed by atoms with E-state index in [0.717, 1.165) is 34.1 Å². The zero-order valence-corrected chi connectivity index (χ0v) is 16.9. The monoisotopic (exact) mass is 399 g/mol. The predicted octanol–water partition coefficient (Wildman–Crippen LogP) is 3.20. The zero-order chi connectivity index (χ0) is 20.7. The molecule has 1 rings (SSSR count). The maximum atomic E-state index is 9.55. The van der Waals surface area contributed by atoms with Crippen molar-refractivity contribution in [2.45, 2.75) is 37.5 Å². The molecule has 7 nitrogen and oxygen atoms in total. The highest BCUT2D eigenvalue weighted by Gasteiger charge is 2.11. The lowest BCUT2D eigenvalue weighted by atomic mass is 10.1. The van der Waals surface area contributed by atoms with Crippen molar-refractivity contribution in [2.75, 3.05) is 26.5 Å². The van der Waals surface area contributed by atoms with Crippen molar-refractivity contribution in [1.82, 2.24) is 0 Å². The van der Waals surface area contributed by atoms with Gasteiger partial charge in [-0.3, -0.25) is 0 Å². The number of carboxylic acid groups (broad SMARTS) is 2. The minimum absolute atomic E-state index is 0.558. The summed E-state index contributed by atoms with van der Waals surface area (Å²) in [5.41, 5.74) is 6.74. The summed E-state index contributed by atoms with van der Waals surface area (Å²) in [4.78, 5) is 20.3. The van der Waals surface area contributed by atoms with Gasteiger partial charge in [0.1, 0.15) is 11.5 Å². The molecule has 4 N–H and O–H groups in total. The lowest BCUT2D eigenvalue weighted by Crippen LogP contribution is -2.05. The van der Waals surface area contributed by atoms with E-state index in [2.05, 4.69) is 13.0 Å². The number of ether oxygens (including phenoxy) is 2. The van der Waals surface area contributed by atoms with E-state index in [-0.39, 0.29) is 0 Å². The first-order chi connectivity index (χ1) is 12.9. The van der Waals surface area contributed by atoms with Gasteiger partial charge in [0.05, 0.1) is 19.1 Å². The van der Waals surface area contributed by atoms with Gasteiger partial charge >= 0.3 is 11.9 Å². The van der Waals surface area contributed by atoms with Gasteiger partial charge in [-0.2, -0.15) is 0 Å². The van der Waals surface area contributed by atoms with Crippen LogP contribution in [0.2, 0.25) is 0 Å². The maximum Gasteiger partial charge on any atom is 0.328 e. The fraction of sp³-hybridized carbons (Fsp3) is 0.474. The van der Waals surface area contributed by atoms with E-state index in [4.69, 9.17) is 25.4 Å². The first-order valence-electron chi connectivity index (χ1n) is 8.61. The van der Waals surface area contributed by atoms with E-state index in [0.29, 0.717) is 18.7 Å². The quantitative estimate of drug-likeness (QED) is 0.295. The molecule has 0 bridgehead atoms. The third kappa shape index (κ3) is 11.2. The van der Waals surface area contributed by atoms with Crippen molar-refractivity contribution in [3.63, 3.8) is 0 Å². The molecule has 0 aromatic heterocycles. The van der Waals surface area contributed by atoms with Gasteiger partial charge in [-0.05, 0) is 42.8 Å². The number of nitrogens with two attached hydrogens (primary N) is 1. The molecule has 0 saturated carbocycles. The smallest absolute Gasteiger partial charge is 0.328 e. The standard InChI is InChI=1S/C15H25NO2S.C4H4O4/c1-4-5-6-9-19-15-11-13(17-2)12(7-8-16)10-14(15)18-3;5-3(6)1-2-4(7)8/h10-11H,4-9,16H2,1-3H3;1-2H,(H,5,6)(H,7,8)/b;2-1-. The number of methoxy groups -OCH3 is 2. The maximum absolute atomic E-state index is 9.55. The highest BCUT2D eigenvalue weighted by molar-refractivity contribution is 7.99. The van der Waals surface area contributed by atoms with Crippen molar-refractivity contribution in [3.8, 4) is 11.5 Å². The van der Waals surface area contributed by atoms with Crippen LogP contribution in [0.1, 0.15) is 31.7 Å². The fourth-order valence-electron chi connectivity index (χ4n) is 2.07. The van der Waals surface area contributed by atoms with Crippen LogP contribution in [0.4, 0.5) is 0 Å². The number of rotatable bonds is 11. The molecule has 0 amide bonds. The average Bonchev–Trinajstić information content (AvgIpc) is 2.64. The molecule has 0 saturated heterocycles. The molecule has 0 aliphatic carbocycles. The Morgan fingerprint density at radius 1 is 1.07 bits per heavy atom. The van der Waals surface area contributed by atoms with Gasteiger partial charge in [0.15, 0.2) is 0 Å². The highest BCUT2D eigenvalue weighted by Crippen LogP contribution is 2.36. The summed E-state index contributed by atoms with van der Waals surface area (Å²) in [6.45, 7) is 2.83. The average molecular weight is 400 g/mol. The molecule has 0 radical (unpaired) electrons. The van der Waals surface area contributed by atoms with Crippen molar-refractivity contribution in [3.05, 3.63) is 29.8 Å². The Morgan fingerprint density at radius 2 is 1.67 bits per heavy atom. The largest absolute Gasteiger partial charge is 0.496 e. The number of hydrogen-bond acceptors (Lipinski definition) is 6. The molecule has 1 aromatic carbocycles. The van der Waals surface area contributed by atoms with E-state index in [9.17, 15) is 9.59 Å². The Hall–Kier alpha value is -2.19. The van der Waals surface area contributed by atoms with Gasteiger partial charge < -0.3 is 25.4 Å². The molecule has 0 fully saturated rings. The van der Waals surface area contributed by atoms with Crippen LogP contribution in [0.5, 0.6) is 11.5 Å². The highest BCUT2D eigenvalue weighted by atomic mass is 32.2. The number of hydrogen-bond donors (Lipinski definition) is 3. The molecule has 1 aromatic rings. The molecule has 0 unspecified atom stereocenters. The number of aliphatic carboxylic acids is 2. The normalized spacial score (nSPS) is 10.2. The minimum Gasteiger partial charge on any atom is -0.496 e. The van der Waals surface area contributed by atoms with E-state index in [1.54, 1.807) is 14.2 Å². The molecule has 27 heavy (non-hydrogen) atoms. The topological polar surface area (TPSA) is 119 Å². The number of thioether (sulfide) groups is 1. The molecular weight excluding hydrogens is 370 g/mol. The second-order valence-corrected chi connectivity index (χ2v) is 6.56. The molecule has 0 aliphatic rings. The minimum atomic E-state index is -1.26. The van der Waals surface area contributed by atoms with Crippen LogP contribution in [0.25, 0.3) is 0 Å². The summed E-state index contributed by atoms with van der Waals surface area (Å²) in [6.07, 6.45) is 5.68. The van der Waals surface area contributed by atoms with Crippen LogP contribution >= 0.6 is 11.8 Å². The Morgan fingerprint density at radius 3 is 2.11 bits per heavy atom. The number of carboxylic acids is 2. The zero-order valence-electron chi connectivity index (χ0n) is 16.1. The molecular formula is C19H29NO6S. The fourth-order valence-corrected chi connectivity index (χ4v) is 3.12. The predicted molar refractivity (Wildman–Crippen MR) is 107 cm³/mol. The van der Waals surface area contributed by atoms with Gasteiger partial charge in [-0.15, -0.1) is 11.8 Å². The molecule has 0 spiro atoms. The SMILES string of the molecule is CCCCCSc1cc(OC)c(CCN)cc1OC.O=C(O)/C=C\C(=O)O. The number of benzene rings is 1. The third-order valence-corrected chi connectivity index (χ3v) is 4.48. The van der Waals surface area contributed by atoms with Gasteiger partial charge in [0, 0.05) is 12.2 Å². The second-order valence-electron chi connectivity index (χ2n) is 5.42. The number of carbonyl (C=O) groups is 2. The third-order valence-electron chi connectivity index (χ3n) is 3.35. The first-order valence-corrected chi connectivity index (χ1v) is 9.59. The van der Waals surface area contributed by atoms with E-state index < -0.39 is 11.9 Å². The molecule has 0 heterocycles. The summed E-state index contributed by atoms with van der Waals surface area (Å²) in [5, 5.41) is 15.6. The molecule has 0 aliphatic heterocycles. The summed E-state index contributed by atoms with van der Waals surface area (Å²) in [6, 6.07) is 4.12. The Bertz CT molecular complexity index is 602. The summed E-state index contributed by atoms with van der Waals surface area (Å²) >= 11 is 1.83. The van der Waals surface area contributed by atoms with Crippen molar-refractivity contribution in [1.29, 1.82) is 0 Å². The van der Waals surface area contributed by atoms with Crippen LogP contribution in [0.15, 0.2) is 29.2 Å². The van der Waals surface area contributed by atoms with E-state index >= 15 is 0 Å². The first kappa shape index (κ1) is 24.8. The van der Waals surface area contributed by atoms with E-state index in [1.807, 2.05) is 17.8 Å². The summed E-state index contributed by atoms with van der Waals surface area (Å²) < 4.78 is 10.9. The van der Waals surface area contributed by atoms with Crippen molar-refractivity contribution < 1.29 is 29.3 Å². The summed E-state index contributed by atoms with van der Waals surface area (Å²) in [7, 11) is 3.41. The lowest BCUT2D eigenvalue weighted by molar-refractivity contribution is -0.134. The van der Waals surface area contributed by atoms with Crippen LogP contribution in [-0.4, -0.2) is 48.7 Å². The van der Waals surface area contributed by atoms with Crippen LogP contribution in [0, 0.1) is 0 Å². The summed E-state index contributed by atoms with van der Waals surface area (Å²) in [5.74, 6) is 0.429. The van der Waals surface area contributed by atoms with Crippen molar-refractivity contribution >= 4 is 23.7 Å². The van der Waals surface area contributed by atoms with Gasteiger partial charge in [-0.25, -0.2) is 9.59 Å². The second kappa shape index (κ2) is 14.9. The lowest BCUT2D eigenvalue weighted by Gasteiger charge is -2.14. The number of unbranched alkanes of at least 4 members (excludes halogenated alkanes) is 2. The Kier molecular flexibility index (Phi) is 13.7. The van der Waals surface area contributed by atoms with Crippen LogP contribution < -0.4 is 15.2 Å². The van der Waals surface area contributed by atoms with E-state index in [1.165, 1.54) is 19.3 Å². The van der Waals surface area contributed by atoms with Gasteiger partial charge in [0.25, 0.3) is 0 Å². The molecule has 0 atom stereocenters. The molecule has 8 heteroatoms. The van der Waals surface area contributed by atoms with Gasteiger partial charge in [-0.1, -0.05) is 19.8 Å². The van der Waals surface area contributed by atoms with Crippen LogP contribution in [0.3, 0.4) is 0 Å². The van der Waals surface area contributed by atoms with Gasteiger partial charge in [0.2, 0.25) is 0 Å².